The third-order valence-electron chi connectivity index (χ3n) is 4.45. The van der Waals surface area contributed by atoms with Crippen LogP contribution in [0.1, 0.15) is 26.7 Å². The largest absolute Gasteiger partial charge is 0.481 e. The van der Waals surface area contributed by atoms with Gasteiger partial charge in [0, 0.05) is 18.8 Å². The second kappa shape index (κ2) is 7.72. The molecule has 2 N–H and O–H groups in total. The van der Waals surface area contributed by atoms with Crippen LogP contribution in [0.25, 0.3) is 0 Å². The summed E-state index contributed by atoms with van der Waals surface area (Å²) < 4.78 is 26.6. The van der Waals surface area contributed by atoms with Crippen LogP contribution in [0.15, 0.2) is 23.1 Å². The Labute approximate surface area is 152 Å². The number of nitrogens with zero attached hydrogens (tertiary/aromatic N) is 1. The molecule has 1 aliphatic carbocycles. The first-order valence-electron chi connectivity index (χ1n) is 8.05. The lowest BCUT2D eigenvalue weighted by Gasteiger charge is -2.32. The van der Waals surface area contributed by atoms with Gasteiger partial charge in [-0.15, -0.1) is 0 Å². The van der Waals surface area contributed by atoms with Gasteiger partial charge in [-0.1, -0.05) is 25.4 Å². The fraction of sp³-hybridized carbons (Fsp3) is 0.500. The van der Waals surface area contributed by atoms with Crippen LogP contribution in [-0.2, 0) is 19.6 Å². The van der Waals surface area contributed by atoms with Crippen molar-refractivity contribution in [3.8, 4) is 0 Å². The summed E-state index contributed by atoms with van der Waals surface area (Å²) in [6.07, 6.45) is 0.969. The number of benzene rings is 1. The van der Waals surface area contributed by atoms with Crippen LogP contribution in [-0.4, -0.2) is 42.8 Å². The lowest BCUT2D eigenvalue weighted by atomic mass is 9.73. The number of anilines is 1. The molecule has 1 aromatic carbocycles. The Bertz CT molecular complexity index is 777. The lowest BCUT2D eigenvalue weighted by Crippen LogP contribution is -2.41. The summed E-state index contributed by atoms with van der Waals surface area (Å²) in [4.78, 5) is 23.2. The average Bonchev–Trinajstić information content (AvgIpc) is 2.48. The van der Waals surface area contributed by atoms with Crippen molar-refractivity contribution in [1.82, 2.24) is 4.31 Å². The number of sulfonamides is 1. The molecule has 0 aromatic heterocycles. The number of aliphatic carboxylic acids is 1. The Morgan fingerprint density at radius 2 is 1.84 bits per heavy atom. The SMILES string of the molecule is CCN(CC)S(=O)(=O)c1cc(NC(=O)C2CCC2C(=O)O)ccc1Cl. The van der Waals surface area contributed by atoms with E-state index < -0.39 is 33.7 Å². The summed E-state index contributed by atoms with van der Waals surface area (Å²) in [7, 11) is -3.77. The highest BCUT2D eigenvalue weighted by Gasteiger charge is 2.41. The van der Waals surface area contributed by atoms with Gasteiger partial charge in [0.2, 0.25) is 15.9 Å². The van der Waals surface area contributed by atoms with E-state index in [0.717, 1.165) is 0 Å². The summed E-state index contributed by atoms with van der Waals surface area (Å²) in [6, 6.07) is 4.21. The van der Waals surface area contributed by atoms with Crippen molar-refractivity contribution < 1.29 is 23.1 Å². The molecule has 0 aliphatic heterocycles. The molecular formula is C16H21ClN2O5S. The number of carboxylic acids is 1. The van der Waals surface area contributed by atoms with Crippen LogP contribution in [0.5, 0.6) is 0 Å². The Morgan fingerprint density at radius 3 is 2.32 bits per heavy atom. The van der Waals surface area contributed by atoms with E-state index in [1.807, 2.05) is 0 Å². The van der Waals surface area contributed by atoms with E-state index in [1.165, 1.54) is 22.5 Å². The van der Waals surface area contributed by atoms with Crippen LogP contribution < -0.4 is 5.32 Å². The molecule has 1 amide bonds. The van der Waals surface area contributed by atoms with Gasteiger partial charge in [-0.3, -0.25) is 9.59 Å². The fourth-order valence-electron chi connectivity index (χ4n) is 2.83. The molecule has 138 valence electrons. The van der Waals surface area contributed by atoms with E-state index in [2.05, 4.69) is 5.32 Å². The van der Waals surface area contributed by atoms with Crippen LogP contribution in [0.3, 0.4) is 0 Å². The Hall–Kier alpha value is -1.64. The zero-order valence-corrected chi connectivity index (χ0v) is 15.6. The molecule has 1 aliphatic rings. The van der Waals surface area contributed by atoms with E-state index >= 15 is 0 Å². The molecule has 25 heavy (non-hydrogen) atoms. The van der Waals surface area contributed by atoms with Crippen molar-refractivity contribution in [2.45, 2.75) is 31.6 Å². The minimum Gasteiger partial charge on any atom is -0.481 e. The third-order valence-corrected chi connectivity index (χ3v) is 6.98. The van der Waals surface area contributed by atoms with E-state index in [-0.39, 0.29) is 15.6 Å². The molecule has 2 rings (SSSR count). The standard InChI is InChI=1S/C16H21ClN2O5S/c1-3-19(4-2)25(23,24)14-9-10(5-8-13(14)17)18-15(20)11-6-7-12(11)16(21)22/h5,8-9,11-12H,3-4,6-7H2,1-2H3,(H,18,20)(H,21,22). The highest BCUT2D eigenvalue weighted by Crippen LogP contribution is 2.36. The highest BCUT2D eigenvalue weighted by molar-refractivity contribution is 7.89. The number of amides is 1. The van der Waals surface area contributed by atoms with Crippen molar-refractivity contribution >= 4 is 39.2 Å². The number of carboxylic acid groups (broad SMARTS) is 1. The smallest absolute Gasteiger partial charge is 0.307 e. The minimum atomic E-state index is -3.77. The Morgan fingerprint density at radius 1 is 1.24 bits per heavy atom. The number of hydrogen-bond donors (Lipinski definition) is 2. The van der Waals surface area contributed by atoms with Crippen LogP contribution in [0, 0.1) is 11.8 Å². The van der Waals surface area contributed by atoms with Crippen LogP contribution in [0.2, 0.25) is 5.02 Å². The molecule has 1 saturated carbocycles. The molecular weight excluding hydrogens is 368 g/mol. The molecule has 0 saturated heterocycles. The maximum Gasteiger partial charge on any atom is 0.307 e. The summed E-state index contributed by atoms with van der Waals surface area (Å²) >= 11 is 6.04. The number of carbonyl (C=O) groups is 2. The van der Waals surface area contributed by atoms with Crippen LogP contribution >= 0.6 is 11.6 Å². The fourth-order valence-corrected chi connectivity index (χ4v) is 4.78. The van der Waals surface area contributed by atoms with Gasteiger partial charge in [-0.2, -0.15) is 4.31 Å². The molecule has 1 fully saturated rings. The minimum absolute atomic E-state index is 0.0666. The first kappa shape index (κ1) is 19.7. The topological polar surface area (TPSA) is 104 Å². The van der Waals surface area contributed by atoms with Crippen molar-refractivity contribution in [2.24, 2.45) is 11.8 Å². The quantitative estimate of drug-likeness (QED) is 0.746. The second-order valence-corrected chi connectivity index (χ2v) is 8.17. The molecule has 9 heteroatoms. The van der Waals surface area contributed by atoms with Gasteiger partial charge < -0.3 is 10.4 Å². The molecule has 0 heterocycles. The zero-order valence-electron chi connectivity index (χ0n) is 14.0. The number of carbonyl (C=O) groups excluding carboxylic acids is 1. The predicted molar refractivity (Wildman–Crippen MR) is 94.0 cm³/mol. The van der Waals surface area contributed by atoms with E-state index in [4.69, 9.17) is 16.7 Å². The van der Waals surface area contributed by atoms with Gasteiger partial charge in [0.15, 0.2) is 0 Å². The summed E-state index contributed by atoms with van der Waals surface area (Å²) in [5.74, 6) is -2.71. The molecule has 0 spiro atoms. The lowest BCUT2D eigenvalue weighted by molar-refractivity contribution is -0.151. The third kappa shape index (κ3) is 3.96. The first-order valence-corrected chi connectivity index (χ1v) is 9.87. The number of hydrogen-bond acceptors (Lipinski definition) is 4. The molecule has 1 aromatic rings. The van der Waals surface area contributed by atoms with Crippen molar-refractivity contribution in [3.63, 3.8) is 0 Å². The van der Waals surface area contributed by atoms with Crippen molar-refractivity contribution in [3.05, 3.63) is 23.2 Å². The first-order chi connectivity index (χ1) is 11.7. The highest BCUT2D eigenvalue weighted by atomic mass is 35.5. The maximum atomic E-state index is 12.6. The van der Waals surface area contributed by atoms with Crippen molar-refractivity contribution in [1.29, 1.82) is 0 Å². The summed E-state index contributed by atoms with van der Waals surface area (Å²) in [5.41, 5.74) is 0.274. The van der Waals surface area contributed by atoms with Gasteiger partial charge in [-0.05, 0) is 31.0 Å². The van der Waals surface area contributed by atoms with Gasteiger partial charge in [0.1, 0.15) is 4.90 Å². The predicted octanol–water partition coefficient (Wildman–Crippen LogP) is 2.42. The van der Waals surface area contributed by atoms with E-state index in [9.17, 15) is 18.0 Å². The van der Waals surface area contributed by atoms with Gasteiger partial charge in [0.25, 0.3) is 0 Å². The Kier molecular flexibility index (Phi) is 6.08. The monoisotopic (exact) mass is 388 g/mol. The Balaban J connectivity index is 2.25. The second-order valence-electron chi connectivity index (χ2n) is 5.85. The molecule has 2 unspecified atom stereocenters. The molecule has 2 atom stereocenters. The normalized spacial score (nSPS) is 20.2. The zero-order chi connectivity index (χ0) is 18.8. The van der Waals surface area contributed by atoms with Crippen molar-refractivity contribution in [2.75, 3.05) is 18.4 Å². The van der Waals surface area contributed by atoms with Gasteiger partial charge in [0.05, 0.1) is 16.9 Å². The number of nitrogens with one attached hydrogen (secondary N) is 1. The van der Waals surface area contributed by atoms with E-state index in [0.29, 0.717) is 25.9 Å². The molecule has 0 radical (unpaired) electrons. The summed E-state index contributed by atoms with van der Waals surface area (Å²) in [5, 5.41) is 11.7. The molecule has 0 bridgehead atoms. The maximum absolute atomic E-state index is 12.6. The van der Waals surface area contributed by atoms with E-state index in [1.54, 1.807) is 13.8 Å². The number of halogens is 1. The summed E-state index contributed by atoms with van der Waals surface area (Å²) in [6.45, 7) is 4.05. The number of rotatable bonds is 7. The average molecular weight is 389 g/mol. The van der Waals surface area contributed by atoms with Gasteiger partial charge >= 0.3 is 5.97 Å². The molecule has 7 nitrogen and oxygen atoms in total. The van der Waals surface area contributed by atoms with Gasteiger partial charge in [-0.25, -0.2) is 8.42 Å². The van der Waals surface area contributed by atoms with Crippen LogP contribution in [0.4, 0.5) is 5.69 Å².